The smallest absolute Gasteiger partial charge is 0.327 e. The lowest BCUT2D eigenvalue weighted by Gasteiger charge is -2.23. The first-order valence-electron chi connectivity index (χ1n) is 6.79. The minimum absolute atomic E-state index is 0.389. The standard InChI is InChI=1S/C16H14FN3O2/c17-11-5-7-12(8-6-11)19-16(22)20-13-4-2-1-3-10(13)9-14(20)15(18)21/h1-8,14H,9H2,(H2,18,21)(H,19,22)/t14-/m0/s1. The number of carbonyl (C=O) groups is 2. The van der Waals surface area contributed by atoms with E-state index in [1.54, 1.807) is 12.1 Å². The number of anilines is 2. The predicted molar refractivity (Wildman–Crippen MR) is 81.0 cm³/mol. The van der Waals surface area contributed by atoms with Crippen molar-refractivity contribution in [1.29, 1.82) is 0 Å². The summed E-state index contributed by atoms with van der Waals surface area (Å²) in [5.74, 6) is -0.954. The van der Waals surface area contributed by atoms with Crippen molar-refractivity contribution in [2.45, 2.75) is 12.5 Å². The largest absolute Gasteiger partial charge is 0.368 e. The highest BCUT2D eigenvalue weighted by atomic mass is 19.1. The normalized spacial score (nSPS) is 16.2. The summed E-state index contributed by atoms with van der Waals surface area (Å²) in [5, 5.41) is 2.65. The molecule has 3 rings (SSSR count). The molecule has 0 aliphatic carbocycles. The Bertz CT molecular complexity index is 730. The third-order valence-electron chi connectivity index (χ3n) is 3.62. The Hall–Kier alpha value is -2.89. The fourth-order valence-corrected chi connectivity index (χ4v) is 2.58. The van der Waals surface area contributed by atoms with Crippen LogP contribution in [0.1, 0.15) is 5.56 Å². The number of nitrogens with zero attached hydrogens (tertiary/aromatic N) is 1. The van der Waals surface area contributed by atoms with E-state index in [0.29, 0.717) is 17.8 Å². The summed E-state index contributed by atoms with van der Waals surface area (Å²) < 4.78 is 12.9. The number of para-hydroxylation sites is 1. The van der Waals surface area contributed by atoms with Crippen molar-refractivity contribution in [3.8, 4) is 0 Å². The number of halogens is 1. The van der Waals surface area contributed by atoms with Gasteiger partial charge in [0.15, 0.2) is 0 Å². The van der Waals surface area contributed by atoms with Crippen molar-refractivity contribution < 1.29 is 14.0 Å². The van der Waals surface area contributed by atoms with Gasteiger partial charge in [0.25, 0.3) is 0 Å². The van der Waals surface area contributed by atoms with Gasteiger partial charge >= 0.3 is 6.03 Å². The molecule has 22 heavy (non-hydrogen) atoms. The van der Waals surface area contributed by atoms with Gasteiger partial charge in [0.1, 0.15) is 11.9 Å². The van der Waals surface area contributed by atoms with E-state index in [2.05, 4.69) is 5.32 Å². The van der Waals surface area contributed by atoms with Crippen LogP contribution in [0.3, 0.4) is 0 Å². The fraction of sp³-hybridized carbons (Fsp3) is 0.125. The molecule has 1 heterocycles. The quantitative estimate of drug-likeness (QED) is 0.892. The number of urea groups is 1. The van der Waals surface area contributed by atoms with Crippen LogP contribution >= 0.6 is 0 Å². The minimum Gasteiger partial charge on any atom is -0.368 e. The van der Waals surface area contributed by atoms with Crippen LogP contribution in [0.2, 0.25) is 0 Å². The van der Waals surface area contributed by atoms with E-state index in [9.17, 15) is 14.0 Å². The van der Waals surface area contributed by atoms with Gasteiger partial charge in [-0.15, -0.1) is 0 Å². The summed E-state index contributed by atoms with van der Waals surface area (Å²) in [4.78, 5) is 25.5. The maximum absolute atomic E-state index is 12.9. The topological polar surface area (TPSA) is 75.4 Å². The second kappa shape index (κ2) is 5.48. The van der Waals surface area contributed by atoms with Crippen molar-refractivity contribution in [1.82, 2.24) is 0 Å². The van der Waals surface area contributed by atoms with Gasteiger partial charge in [-0.2, -0.15) is 0 Å². The molecule has 2 aromatic rings. The van der Waals surface area contributed by atoms with Gasteiger partial charge in [-0.05, 0) is 35.9 Å². The van der Waals surface area contributed by atoms with Gasteiger partial charge < -0.3 is 11.1 Å². The number of carbonyl (C=O) groups excluding carboxylic acids is 2. The molecule has 0 unspecified atom stereocenters. The first kappa shape index (κ1) is 14.1. The first-order chi connectivity index (χ1) is 10.6. The summed E-state index contributed by atoms with van der Waals surface area (Å²) in [6.07, 6.45) is 0.391. The lowest BCUT2D eigenvalue weighted by atomic mass is 10.1. The van der Waals surface area contributed by atoms with Crippen molar-refractivity contribution in [2.24, 2.45) is 5.73 Å². The molecule has 2 aromatic carbocycles. The Morgan fingerprint density at radius 2 is 1.82 bits per heavy atom. The molecule has 0 saturated carbocycles. The van der Waals surface area contributed by atoms with E-state index in [1.165, 1.54) is 29.2 Å². The van der Waals surface area contributed by atoms with E-state index < -0.39 is 18.0 Å². The van der Waals surface area contributed by atoms with E-state index in [0.717, 1.165) is 5.56 Å². The molecule has 1 aliphatic heterocycles. The van der Waals surface area contributed by atoms with E-state index >= 15 is 0 Å². The molecule has 3 N–H and O–H groups in total. The van der Waals surface area contributed by atoms with Gasteiger partial charge in [0, 0.05) is 17.8 Å². The summed E-state index contributed by atoms with van der Waals surface area (Å²) >= 11 is 0. The molecule has 6 heteroatoms. The lowest BCUT2D eigenvalue weighted by molar-refractivity contribution is -0.119. The molecule has 0 aromatic heterocycles. The Kier molecular flexibility index (Phi) is 3.50. The molecule has 1 atom stereocenters. The third-order valence-corrected chi connectivity index (χ3v) is 3.62. The number of nitrogens with one attached hydrogen (secondary N) is 1. The number of amides is 3. The van der Waals surface area contributed by atoms with E-state index in [1.807, 2.05) is 12.1 Å². The highest BCUT2D eigenvalue weighted by molar-refractivity contribution is 6.08. The number of rotatable bonds is 2. The summed E-state index contributed by atoms with van der Waals surface area (Å²) in [5.41, 5.74) is 7.40. The van der Waals surface area contributed by atoms with Crippen LogP contribution in [0.25, 0.3) is 0 Å². The molecule has 1 aliphatic rings. The van der Waals surface area contributed by atoms with Crippen molar-refractivity contribution in [2.75, 3.05) is 10.2 Å². The maximum atomic E-state index is 12.9. The van der Waals surface area contributed by atoms with Gasteiger partial charge in [0.05, 0.1) is 0 Å². The second-order valence-electron chi connectivity index (χ2n) is 5.06. The Labute approximate surface area is 126 Å². The number of hydrogen-bond acceptors (Lipinski definition) is 2. The van der Waals surface area contributed by atoms with Gasteiger partial charge in [-0.1, -0.05) is 18.2 Å². The molecular weight excluding hydrogens is 285 g/mol. The van der Waals surface area contributed by atoms with Gasteiger partial charge in [-0.25, -0.2) is 9.18 Å². The number of benzene rings is 2. The Balaban J connectivity index is 1.88. The van der Waals surface area contributed by atoms with E-state index in [-0.39, 0.29) is 5.82 Å². The maximum Gasteiger partial charge on any atom is 0.327 e. The fourth-order valence-electron chi connectivity index (χ4n) is 2.58. The minimum atomic E-state index is -0.724. The van der Waals surface area contributed by atoms with Crippen LogP contribution in [-0.4, -0.2) is 18.0 Å². The molecule has 0 bridgehead atoms. The van der Waals surface area contributed by atoms with Crippen LogP contribution in [0.4, 0.5) is 20.6 Å². The number of nitrogens with two attached hydrogens (primary N) is 1. The lowest BCUT2D eigenvalue weighted by Crippen LogP contribution is -2.47. The zero-order chi connectivity index (χ0) is 15.7. The van der Waals surface area contributed by atoms with Gasteiger partial charge in [0.2, 0.25) is 5.91 Å². The average Bonchev–Trinajstić information content (AvgIpc) is 2.89. The zero-order valence-corrected chi connectivity index (χ0v) is 11.6. The van der Waals surface area contributed by atoms with Crippen LogP contribution in [0.15, 0.2) is 48.5 Å². The van der Waals surface area contributed by atoms with Crippen molar-refractivity contribution in [3.05, 3.63) is 59.9 Å². The van der Waals surface area contributed by atoms with Crippen LogP contribution in [-0.2, 0) is 11.2 Å². The number of fused-ring (bicyclic) bond motifs is 1. The summed E-state index contributed by atoms with van der Waals surface area (Å²) in [7, 11) is 0. The van der Waals surface area contributed by atoms with Crippen molar-refractivity contribution >= 4 is 23.3 Å². The SMILES string of the molecule is NC(=O)[C@@H]1Cc2ccccc2N1C(=O)Nc1ccc(F)cc1. The molecule has 0 saturated heterocycles. The number of hydrogen-bond donors (Lipinski definition) is 2. The zero-order valence-electron chi connectivity index (χ0n) is 11.6. The van der Waals surface area contributed by atoms with Crippen molar-refractivity contribution in [3.63, 3.8) is 0 Å². The Morgan fingerprint density at radius 3 is 2.50 bits per heavy atom. The average molecular weight is 299 g/mol. The van der Waals surface area contributed by atoms with E-state index in [4.69, 9.17) is 5.73 Å². The predicted octanol–water partition coefficient (Wildman–Crippen LogP) is 2.27. The summed E-state index contributed by atoms with van der Waals surface area (Å²) in [6, 6.07) is 11.5. The molecule has 5 nitrogen and oxygen atoms in total. The monoisotopic (exact) mass is 299 g/mol. The molecule has 112 valence electrons. The first-order valence-corrected chi connectivity index (χ1v) is 6.79. The highest BCUT2D eigenvalue weighted by Gasteiger charge is 2.37. The van der Waals surface area contributed by atoms with Crippen LogP contribution in [0.5, 0.6) is 0 Å². The molecule has 0 radical (unpaired) electrons. The van der Waals surface area contributed by atoms with Crippen LogP contribution < -0.4 is 16.0 Å². The molecule has 3 amide bonds. The van der Waals surface area contributed by atoms with Gasteiger partial charge in [-0.3, -0.25) is 9.69 Å². The molecular formula is C16H14FN3O2. The Morgan fingerprint density at radius 1 is 1.14 bits per heavy atom. The number of primary amides is 1. The second-order valence-corrected chi connectivity index (χ2v) is 5.06. The molecule has 0 fully saturated rings. The molecule has 0 spiro atoms. The third kappa shape index (κ3) is 2.50. The highest BCUT2D eigenvalue weighted by Crippen LogP contribution is 2.32. The summed E-state index contributed by atoms with van der Waals surface area (Å²) in [6.45, 7) is 0. The van der Waals surface area contributed by atoms with Crippen LogP contribution in [0, 0.1) is 5.82 Å².